The van der Waals surface area contributed by atoms with Crippen molar-refractivity contribution in [1.82, 2.24) is 14.9 Å². The molecule has 0 spiro atoms. The zero-order chi connectivity index (χ0) is 21.9. The lowest BCUT2D eigenvalue weighted by Crippen LogP contribution is -2.38. The van der Waals surface area contributed by atoms with Crippen LogP contribution in [0.3, 0.4) is 0 Å². The van der Waals surface area contributed by atoms with Crippen LogP contribution in [-0.4, -0.2) is 41.0 Å². The standard InChI is InChI=1S/C21H24F3N3O3/c1-13-7-9-27(10-8-13)19(28)17-14(2)18(26-20(25-17)29-3)30-12-15-5-4-6-16(11-15)21(22,23)24/h4-6,11,13H,7-10,12H2,1-3H3. The molecule has 0 saturated carbocycles. The molecule has 0 N–H and O–H groups in total. The molecule has 2 aromatic rings. The average Bonchev–Trinajstić information content (AvgIpc) is 2.72. The second-order valence-corrected chi connectivity index (χ2v) is 7.45. The maximum Gasteiger partial charge on any atom is 0.416 e. The number of hydrogen-bond donors (Lipinski definition) is 0. The summed E-state index contributed by atoms with van der Waals surface area (Å²) in [5.41, 5.74) is 0.178. The molecule has 9 heteroatoms. The number of aromatic nitrogens is 2. The van der Waals surface area contributed by atoms with Gasteiger partial charge in [0.25, 0.3) is 5.91 Å². The summed E-state index contributed by atoms with van der Waals surface area (Å²) in [4.78, 5) is 23.0. The molecule has 2 heterocycles. The number of hydrogen-bond acceptors (Lipinski definition) is 5. The van der Waals surface area contributed by atoms with Crippen LogP contribution in [0.15, 0.2) is 24.3 Å². The molecule has 1 amide bonds. The number of halogens is 3. The van der Waals surface area contributed by atoms with E-state index in [1.807, 2.05) is 0 Å². The quantitative estimate of drug-likeness (QED) is 0.719. The summed E-state index contributed by atoms with van der Waals surface area (Å²) in [5, 5.41) is 0. The third kappa shape index (κ3) is 5.01. The molecule has 3 rings (SSSR count). The van der Waals surface area contributed by atoms with E-state index in [2.05, 4.69) is 16.9 Å². The first-order chi connectivity index (χ1) is 14.2. The molecule has 30 heavy (non-hydrogen) atoms. The number of ether oxygens (including phenoxy) is 2. The van der Waals surface area contributed by atoms with Crippen LogP contribution in [0.25, 0.3) is 0 Å². The highest BCUT2D eigenvalue weighted by Crippen LogP contribution is 2.30. The van der Waals surface area contributed by atoms with Crippen LogP contribution in [0.5, 0.6) is 11.9 Å². The van der Waals surface area contributed by atoms with Crippen LogP contribution in [0.4, 0.5) is 13.2 Å². The number of rotatable bonds is 5. The van der Waals surface area contributed by atoms with Crippen molar-refractivity contribution in [3.8, 4) is 11.9 Å². The molecule has 1 aliphatic rings. The molecule has 0 atom stereocenters. The molecule has 1 fully saturated rings. The highest BCUT2D eigenvalue weighted by Gasteiger charge is 2.30. The van der Waals surface area contributed by atoms with Crippen molar-refractivity contribution in [2.75, 3.05) is 20.2 Å². The molecule has 6 nitrogen and oxygen atoms in total. The fourth-order valence-electron chi connectivity index (χ4n) is 3.27. The van der Waals surface area contributed by atoms with Gasteiger partial charge in [0, 0.05) is 18.7 Å². The number of amides is 1. The highest BCUT2D eigenvalue weighted by atomic mass is 19.4. The fourth-order valence-corrected chi connectivity index (χ4v) is 3.27. The Morgan fingerprint density at radius 3 is 2.57 bits per heavy atom. The number of alkyl halides is 3. The van der Waals surface area contributed by atoms with E-state index in [4.69, 9.17) is 9.47 Å². The van der Waals surface area contributed by atoms with Crippen molar-refractivity contribution >= 4 is 5.91 Å². The summed E-state index contributed by atoms with van der Waals surface area (Å²) in [7, 11) is 1.37. The van der Waals surface area contributed by atoms with E-state index in [0.717, 1.165) is 25.0 Å². The summed E-state index contributed by atoms with van der Waals surface area (Å²) in [5.74, 6) is 0.443. The molecule has 1 aliphatic heterocycles. The minimum absolute atomic E-state index is 0.0339. The lowest BCUT2D eigenvalue weighted by molar-refractivity contribution is -0.137. The molecule has 0 radical (unpaired) electrons. The SMILES string of the molecule is COc1nc(OCc2cccc(C(F)(F)F)c2)c(C)c(C(=O)N2CCC(C)CC2)n1. The number of carbonyl (C=O) groups excluding carboxylic acids is 1. The Balaban J connectivity index is 1.82. The van der Waals surface area contributed by atoms with Gasteiger partial charge in [-0.15, -0.1) is 0 Å². The van der Waals surface area contributed by atoms with Gasteiger partial charge in [0.15, 0.2) is 0 Å². The Morgan fingerprint density at radius 2 is 1.93 bits per heavy atom. The summed E-state index contributed by atoms with van der Waals surface area (Å²) in [6.07, 6.45) is -2.59. The first kappa shape index (κ1) is 21.9. The normalized spacial score (nSPS) is 15.2. The maximum absolute atomic E-state index is 13.0. The molecule has 0 aliphatic carbocycles. The molecule has 1 aromatic heterocycles. The summed E-state index contributed by atoms with van der Waals surface area (Å²) in [6, 6.07) is 4.84. The van der Waals surface area contributed by atoms with Crippen LogP contribution < -0.4 is 9.47 Å². The van der Waals surface area contributed by atoms with Gasteiger partial charge in [-0.3, -0.25) is 4.79 Å². The van der Waals surface area contributed by atoms with Crippen molar-refractivity contribution in [1.29, 1.82) is 0 Å². The number of benzene rings is 1. The lowest BCUT2D eigenvalue weighted by atomic mass is 9.99. The van der Waals surface area contributed by atoms with Crippen LogP contribution in [0.1, 0.15) is 46.9 Å². The average molecular weight is 423 g/mol. The van der Waals surface area contributed by atoms with Gasteiger partial charge in [-0.05, 0) is 43.4 Å². The zero-order valence-electron chi connectivity index (χ0n) is 17.1. The van der Waals surface area contributed by atoms with Crippen LogP contribution in [0, 0.1) is 12.8 Å². The number of carbonyl (C=O) groups is 1. The second kappa shape index (κ2) is 8.89. The Kier molecular flexibility index (Phi) is 6.48. The van der Waals surface area contributed by atoms with Crippen molar-refractivity contribution in [2.24, 2.45) is 5.92 Å². The number of piperidine rings is 1. The number of nitrogens with zero attached hydrogens (tertiary/aromatic N) is 3. The molecule has 0 unspecified atom stereocenters. The molecule has 0 bridgehead atoms. The van der Waals surface area contributed by atoms with Crippen molar-refractivity contribution < 1.29 is 27.4 Å². The summed E-state index contributed by atoms with van der Waals surface area (Å²) in [6.45, 7) is 4.96. The Labute approximate surface area is 173 Å². The first-order valence-electron chi connectivity index (χ1n) is 9.70. The minimum Gasteiger partial charge on any atom is -0.472 e. The van der Waals surface area contributed by atoms with Gasteiger partial charge in [0.2, 0.25) is 5.88 Å². The van der Waals surface area contributed by atoms with Gasteiger partial charge in [-0.2, -0.15) is 23.1 Å². The Bertz CT molecular complexity index is 910. The molecular weight excluding hydrogens is 399 g/mol. The highest BCUT2D eigenvalue weighted by molar-refractivity contribution is 5.94. The van der Waals surface area contributed by atoms with Crippen LogP contribution >= 0.6 is 0 Å². The second-order valence-electron chi connectivity index (χ2n) is 7.45. The first-order valence-corrected chi connectivity index (χ1v) is 9.70. The van der Waals surface area contributed by atoms with E-state index in [9.17, 15) is 18.0 Å². The van der Waals surface area contributed by atoms with Gasteiger partial charge in [0.05, 0.1) is 12.7 Å². The topological polar surface area (TPSA) is 64.6 Å². The van der Waals surface area contributed by atoms with Crippen LogP contribution in [0.2, 0.25) is 0 Å². The van der Waals surface area contributed by atoms with Gasteiger partial charge in [0.1, 0.15) is 12.3 Å². The number of methoxy groups -OCH3 is 1. The van der Waals surface area contributed by atoms with E-state index in [-0.39, 0.29) is 30.1 Å². The largest absolute Gasteiger partial charge is 0.472 e. The smallest absolute Gasteiger partial charge is 0.416 e. The monoisotopic (exact) mass is 423 g/mol. The number of likely N-dealkylation sites (tertiary alicyclic amines) is 1. The predicted molar refractivity (Wildman–Crippen MR) is 103 cm³/mol. The fraction of sp³-hybridized carbons (Fsp3) is 0.476. The van der Waals surface area contributed by atoms with E-state index in [1.54, 1.807) is 11.8 Å². The zero-order valence-corrected chi connectivity index (χ0v) is 17.1. The molecular formula is C21H24F3N3O3. The maximum atomic E-state index is 13.0. The van der Waals surface area contributed by atoms with Gasteiger partial charge in [-0.1, -0.05) is 19.1 Å². The van der Waals surface area contributed by atoms with Crippen molar-refractivity contribution in [3.05, 3.63) is 46.6 Å². The van der Waals surface area contributed by atoms with Gasteiger partial charge < -0.3 is 14.4 Å². The summed E-state index contributed by atoms with van der Waals surface area (Å²) >= 11 is 0. The van der Waals surface area contributed by atoms with E-state index in [1.165, 1.54) is 19.2 Å². The Hall–Kier alpha value is -2.84. The lowest BCUT2D eigenvalue weighted by Gasteiger charge is -2.30. The Morgan fingerprint density at radius 1 is 1.23 bits per heavy atom. The molecule has 1 aromatic carbocycles. The predicted octanol–water partition coefficient (Wildman–Crippen LogP) is 4.26. The van der Waals surface area contributed by atoms with Crippen molar-refractivity contribution in [2.45, 2.75) is 39.5 Å². The van der Waals surface area contributed by atoms with E-state index in [0.29, 0.717) is 30.1 Å². The van der Waals surface area contributed by atoms with E-state index >= 15 is 0 Å². The minimum atomic E-state index is -4.43. The van der Waals surface area contributed by atoms with Gasteiger partial charge in [-0.25, -0.2) is 0 Å². The molecule has 1 saturated heterocycles. The van der Waals surface area contributed by atoms with Crippen LogP contribution in [-0.2, 0) is 12.8 Å². The van der Waals surface area contributed by atoms with Crippen molar-refractivity contribution in [3.63, 3.8) is 0 Å². The third-order valence-electron chi connectivity index (χ3n) is 5.17. The van der Waals surface area contributed by atoms with Gasteiger partial charge >= 0.3 is 12.2 Å². The summed E-state index contributed by atoms with van der Waals surface area (Å²) < 4.78 is 49.5. The third-order valence-corrected chi connectivity index (χ3v) is 5.17. The molecule has 162 valence electrons. The van der Waals surface area contributed by atoms with E-state index < -0.39 is 11.7 Å².